The van der Waals surface area contributed by atoms with Gasteiger partial charge in [-0.15, -0.1) is 0 Å². The van der Waals surface area contributed by atoms with Gasteiger partial charge in [-0.3, -0.25) is 14.4 Å². The number of fused-ring (bicyclic) bond motifs is 2. The van der Waals surface area contributed by atoms with Crippen molar-refractivity contribution in [3.05, 3.63) is 100.0 Å². The van der Waals surface area contributed by atoms with Crippen LogP contribution in [0.4, 0.5) is 0 Å². The summed E-state index contributed by atoms with van der Waals surface area (Å²) in [7, 11) is 0. The number of hydrazone groups is 1. The second-order valence-corrected chi connectivity index (χ2v) is 7.60. The van der Waals surface area contributed by atoms with E-state index in [1.165, 1.54) is 6.21 Å². The Morgan fingerprint density at radius 1 is 0.971 bits per heavy atom. The number of H-pyrrole nitrogens is 1. The molecule has 0 aliphatic carbocycles. The number of benzene rings is 3. The smallest absolute Gasteiger partial charge is 0.272 e. The first-order valence-corrected chi connectivity index (χ1v) is 10.7. The fourth-order valence-electron chi connectivity index (χ4n) is 3.65. The number of nitrogens with one attached hydrogen (secondary N) is 3. The van der Waals surface area contributed by atoms with Gasteiger partial charge in [0.05, 0.1) is 11.6 Å². The lowest BCUT2D eigenvalue weighted by Crippen LogP contribution is -2.40. The third-order valence-electron chi connectivity index (χ3n) is 5.36. The summed E-state index contributed by atoms with van der Waals surface area (Å²) in [5, 5.41) is 14.0. The van der Waals surface area contributed by atoms with E-state index in [4.69, 9.17) is 9.47 Å². The molecule has 0 unspecified atom stereocenters. The van der Waals surface area contributed by atoms with Crippen molar-refractivity contribution in [2.24, 2.45) is 5.10 Å². The molecule has 1 aromatic heterocycles. The Morgan fingerprint density at radius 3 is 2.54 bits per heavy atom. The van der Waals surface area contributed by atoms with Crippen molar-refractivity contribution >= 4 is 28.8 Å². The number of carbonyl (C=O) groups excluding carboxylic acids is 2. The van der Waals surface area contributed by atoms with E-state index in [0.29, 0.717) is 33.4 Å². The Kier molecular flexibility index (Phi) is 5.91. The van der Waals surface area contributed by atoms with Crippen molar-refractivity contribution in [1.82, 2.24) is 20.9 Å². The third kappa shape index (κ3) is 4.58. The van der Waals surface area contributed by atoms with E-state index in [2.05, 4.69) is 26.0 Å². The van der Waals surface area contributed by atoms with Crippen molar-refractivity contribution in [2.45, 2.75) is 6.04 Å². The molecule has 5 rings (SSSR count). The molecule has 10 heteroatoms. The Balaban J connectivity index is 1.44. The van der Waals surface area contributed by atoms with E-state index in [9.17, 15) is 14.4 Å². The van der Waals surface area contributed by atoms with Crippen LogP contribution in [0.2, 0.25) is 0 Å². The maximum Gasteiger partial charge on any atom is 0.272 e. The average Bonchev–Trinajstić information content (AvgIpc) is 3.36. The van der Waals surface area contributed by atoms with E-state index in [0.717, 1.165) is 0 Å². The summed E-state index contributed by atoms with van der Waals surface area (Å²) < 4.78 is 10.6. The number of carbonyl (C=O) groups is 2. The minimum Gasteiger partial charge on any atom is -0.454 e. The molecule has 3 aromatic carbocycles. The fraction of sp³-hybridized carbons (Fsp3) is 0.0800. The highest BCUT2D eigenvalue weighted by molar-refractivity contribution is 5.99. The highest BCUT2D eigenvalue weighted by Gasteiger charge is 2.27. The first-order chi connectivity index (χ1) is 17.1. The van der Waals surface area contributed by atoms with Crippen LogP contribution in [-0.4, -0.2) is 35.0 Å². The molecule has 10 nitrogen and oxygen atoms in total. The molecule has 0 radical (unpaired) electrons. The van der Waals surface area contributed by atoms with Crippen LogP contribution in [-0.2, 0) is 4.79 Å². The number of ether oxygens (including phenoxy) is 2. The molecule has 0 saturated carbocycles. The summed E-state index contributed by atoms with van der Waals surface area (Å²) in [6, 6.07) is 19.2. The summed E-state index contributed by atoms with van der Waals surface area (Å²) in [5.41, 5.74) is 3.26. The lowest BCUT2D eigenvalue weighted by molar-refractivity contribution is -0.123. The number of amides is 2. The average molecular weight is 469 g/mol. The number of rotatable bonds is 6. The van der Waals surface area contributed by atoms with Crippen molar-refractivity contribution in [3.63, 3.8) is 0 Å². The molecule has 0 saturated heterocycles. The van der Waals surface area contributed by atoms with E-state index in [1.54, 1.807) is 72.8 Å². The van der Waals surface area contributed by atoms with Gasteiger partial charge < -0.3 is 14.8 Å². The van der Waals surface area contributed by atoms with Gasteiger partial charge in [0.2, 0.25) is 6.79 Å². The first kappa shape index (κ1) is 21.8. The molecule has 174 valence electrons. The van der Waals surface area contributed by atoms with Crippen LogP contribution in [0, 0.1) is 0 Å². The second-order valence-electron chi connectivity index (χ2n) is 7.60. The van der Waals surface area contributed by atoms with E-state index in [1.807, 2.05) is 0 Å². The Hall–Kier alpha value is -4.99. The molecule has 0 bridgehead atoms. The van der Waals surface area contributed by atoms with Crippen LogP contribution in [0.3, 0.4) is 0 Å². The van der Waals surface area contributed by atoms with E-state index < -0.39 is 23.4 Å². The lowest BCUT2D eigenvalue weighted by atomic mass is 10.0. The summed E-state index contributed by atoms with van der Waals surface area (Å²) in [5.74, 6) is 0.0849. The predicted octanol–water partition coefficient (Wildman–Crippen LogP) is 2.27. The van der Waals surface area contributed by atoms with Gasteiger partial charge in [0.1, 0.15) is 5.69 Å². The number of hydrogen-bond acceptors (Lipinski definition) is 7. The van der Waals surface area contributed by atoms with Crippen LogP contribution < -0.4 is 25.8 Å². The van der Waals surface area contributed by atoms with Crippen LogP contribution in [0.1, 0.15) is 27.7 Å². The number of aromatic nitrogens is 2. The van der Waals surface area contributed by atoms with Crippen molar-refractivity contribution in [2.75, 3.05) is 6.79 Å². The normalized spacial score (nSPS) is 13.0. The monoisotopic (exact) mass is 469 g/mol. The first-order valence-electron chi connectivity index (χ1n) is 10.7. The zero-order valence-electron chi connectivity index (χ0n) is 18.2. The van der Waals surface area contributed by atoms with Gasteiger partial charge in [-0.2, -0.15) is 10.2 Å². The fourth-order valence-corrected chi connectivity index (χ4v) is 3.65. The van der Waals surface area contributed by atoms with Crippen LogP contribution in [0.25, 0.3) is 10.8 Å². The summed E-state index contributed by atoms with van der Waals surface area (Å²) in [6.07, 6.45) is 1.44. The second kappa shape index (κ2) is 9.48. The number of hydrogen-bond donors (Lipinski definition) is 3. The number of aromatic amines is 1. The SMILES string of the molecule is O=C(N[C@@H](C(=O)NN=Cc1ccc2c(c1)OCO2)c1n[nH]c(=O)c2ccccc12)c1ccccc1. The van der Waals surface area contributed by atoms with Gasteiger partial charge in [-0.1, -0.05) is 36.4 Å². The van der Waals surface area contributed by atoms with Gasteiger partial charge in [-0.05, 0) is 42.0 Å². The maximum absolute atomic E-state index is 13.2. The van der Waals surface area contributed by atoms with Crippen LogP contribution in [0.5, 0.6) is 11.5 Å². The molecular formula is C25H19N5O5. The highest BCUT2D eigenvalue weighted by atomic mass is 16.7. The van der Waals surface area contributed by atoms with Crippen molar-refractivity contribution in [3.8, 4) is 11.5 Å². The zero-order valence-corrected chi connectivity index (χ0v) is 18.2. The number of nitrogens with zero attached hydrogens (tertiary/aromatic N) is 2. The topological polar surface area (TPSA) is 135 Å². The maximum atomic E-state index is 13.2. The van der Waals surface area contributed by atoms with E-state index in [-0.39, 0.29) is 12.5 Å². The molecule has 35 heavy (non-hydrogen) atoms. The quantitative estimate of drug-likeness (QED) is 0.293. The molecule has 1 atom stereocenters. The van der Waals surface area contributed by atoms with Gasteiger partial charge >= 0.3 is 0 Å². The molecular weight excluding hydrogens is 450 g/mol. The molecule has 3 N–H and O–H groups in total. The lowest BCUT2D eigenvalue weighted by Gasteiger charge is -2.18. The van der Waals surface area contributed by atoms with Gasteiger partial charge in [0.15, 0.2) is 17.5 Å². The summed E-state index contributed by atoms with van der Waals surface area (Å²) in [6.45, 7) is 0.148. The molecule has 1 aliphatic rings. The largest absolute Gasteiger partial charge is 0.454 e. The summed E-state index contributed by atoms with van der Waals surface area (Å²) in [4.78, 5) is 38.3. The van der Waals surface area contributed by atoms with Crippen LogP contribution >= 0.6 is 0 Å². The van der Waals surface area contributed by atoms with Gasteiger partial charge in [-0.25, -0.2) is 10.5 Å². The standard InChI is InChI=1S/C25H19N5O5/c31-23(16-6-2-1-3-7-16)27-22(21-17-8-4-5-9-18(17)24(32)30-28-21)25(33)29-26-13-15-10-11-19-20(12-15)35-14-34-19/h1-13,22H,14H2,(H,27,31)(H,29,33)(H,30,32)/t22-/m1/s1. The Morgan fingerprint density at radius 2 is 1.71 bits per heavy atom. The molecule has 0 fully saturated rings. The molecule has 1 aliphatic heterocycles. The molecule has 2 amide bonds. The third-order valence-corrected chi connectivity index (χ3v) is 5.36. The molecule has 4 aromatic rings. The Bertz CT molecular complexity index is 1500. The molecule has 2 heterocycles. The van der Waals surface area contributed by atoms with Gasteiger partial charge in [0.25, 0.3) is 17.4 Å². The summed E-state index contributed by atoms with van der Waals surface area (Å²) >= 11 is 0. The Labute approximate surface area is 198 Å². The van der Waals surface area contributed by atoms with Gasteiger partial charge in [0, 0.05) is 10.9 Å². The minimum absolute atomic E-state index is 0.148. The molecule has 0 spiro atoms. The van der Waals surface area contributed by atoms with Crippen LogP contribution in [0.15, 0.2) is 82.7 Å². The zero-order chi connectivity index (χ0) is 24.2. The van der Waals surface area contributed by atoms with Crippen molar-refractivity contribution < 1.29 is 19.1 Å². The van der Waals surface area contributed by atoms with E-state index >= 15 is 0 Å². The minimum atomic E-state index is -1.24. The predicted molar refractivity (Wildman–Crippen MR) is 127 cm³/mol. The van der Waals surface area contributed by atoms with Crippen molar-refractivity contribution in [1.29, 1.82) is 0 Å². The highest BCUT2D eigenvalue weighted by Crippen LogP contribution is 2.32.